The fraction of sp³-hybridized carbons (Fsp3) is 0.600. The Hall–Kier alpha value is -1.40. The molecular weight excluding hydrogens is 284 g/mol. The van der Waals surface area contributed by atoms with Crippen LogP contribution < -0.4 is 10.6 Å². The number of fused-ring (bicyclic) bond motifs is 1. The number of nitrogens with zero attached hydrogens (tertiary/aromatic N) is 2. The van der Waals surface area contributed by atoms with Crippen molar-refractivity contribution in [3.05, 3.63) is 10.9 Å². The van der Waals surface area contributed by atoms with Gasteiger partial charge in [-0.1, -0.05) is 6.92 Å². The molecule has 0 bridgehead atoms. The van der Waals surface area contributed by atoms with Gasteiger partial charge in [-0.3, -0.25) is 0 Å². The molecule has 0 radical (unpaired) electrons. The molecule has 0 unspecified atom stereocenters. The summed E-state index contributed by atoms with van der Waals surface area (Å²) in [5.41, 5.74) is 0. The Kier molecular flexibility index (Phi) is 4.26. The van der Waals surface area contributed by atoms with Crippen molar-refractivity contribution in [2.24, 2.45) is 5.92 Å². The van der Waals surface area contributed by atoms with Crippen LogP contribution in [0, 0.1) is 5.92 Å². The van der Waals surface area contributed by atoms with E-state index in [2.05, 4.69) is 33.6 Å². The number of rotatable bonds is 6. The molecule has 5 nitrogen and oxygen atoms in total. The Morgan fingerprint density at radius 1 is 1.29 bits per heavy atom. The molecule has 0 atom stereocenters. The first-order valence-corrected chi connectivity index (χ1v) is 8.47. The first-order chi connectivity index (χ1) is 10.2. The Morgan fingerprint density at radius 3 is 2.76 bits per heavy atom. The molecule has 0 saturated heterocycles. The molecule has 2 heterocycles. The van der Waals surface area contributed by atoms with Crippen LogP contribution in [0.25, 0.3) is 10.2 Å². The van der Waals surface area contributed by atoms with Crippen molar-refractivity contribution in [2.45, 2.75) is 39.2 Å². The van der Waals surface area contributed by atoms with Gasteiger partial charge in [0.25, 0.3) is 0 Å². The third-order valence-electron chi connectivity index (χ3n) is 3.90. The minimum absolute atomic E-state index is 0.104. The van der Waals surface area contributed by atoms with Gasteiger partial charge in [-0.25, -0.2) is 4.98 Å². The molecule has 2 aromatic rings. The fourth-order valence-corrected chi connectivity index (χ4v) is 3.59. The third kappa shape index (κ3) is 3.11. The van der Waals surface area contributed by atoms with E-state index in [9.17, 15) is 5.11 Å². The highest BCUT2D eigenvalue weighted by molar-refractivity contribution is 7.18. The van der Waals surface area contributed by atoms with E-state index >= 15 is 0 Å². The first kappa shape index (κ1) is 14.5. The Labute approximate surface area is 128 Å². The normalized spacial score (nSPS) is 21.3. The smallest absolute Gasteiger partial charge is 0.226 e. The van der Waals surface area contributed by atoms with Gasteiger partial charge in [0.2, 0.25) is 5.95 Å². The van der Waals surface area contributed by atoms with Gasteiger partial charge in [-0.15, -0.1) is 11.3 Å². The van der Waals surface area contributed by atoms with E-state index in [1.807, 2.05) is 6.92 Å². The SMILES string of the molecule is CCNc1nc(NCC2CC(O)C2)c2cc(CC)sc2n1. The van der Waals surface area contributed by atoms with Crippen molar-refractivity contribution in [3.63, 3.8) is 0 Å². The van der Waals surface area contributed by atoms with Crippen LogP contribution in [0.3, 0.4) is 0 Å². The van der Waals surface area contributed by atoms with Crippen LogP contribution in [0.15, 0.2) is 6.07 Å². The Balaban J connectivity index is 1.84. The number of nitrogens with one attached hydrogen (secondary N) is 2. The highest BCUT2D eigenvalue weighted by atomic mass is 32.1. The van der Waals surface area contributed by atoms with E-state index in [0.717, 1.165) is 48.4 Å². The van der Waals surface area contributed by atoms with Gasteiger partial charge in [0, 0.05) is 18.0 Å². The number of hydrogen-bond donors (Lipinski definition) is 3. The number of aliphatic hydroxyl groups is 1. The molecule has 3 N–H and O–H groups in total. The number of anilines is 2. The second-order valence-corrected chi connectivity index (χ2v) is 6.70. The van der Waals surface area contributed by atoms with Crippen LogP contribution in [0.1, 0.15) is 31.6 Å². The molecule has 0 aliphatic heterocycles. The van der Waals surface area contributed by atoms with Crippen molar-refractivity contribution in [2.75, 3.05) is 23.7 Å². The maximum Gasteiger partial charge on any atom is 0.226 e. The van der Waals surface area contributed by atoms with Gasteiger partial charge in [0.05, 0.1) is 11.5 Å². The molecule has 0 amide bonds. The molecule has 0 aromatic carbocycles. The molecule has 0 spiro atoms. The largest absolute Gasteiger partial charge is 0.393 e. The van der Waals surface area contributed by atoms with Gasteiger partial charge in [0.1, 0.15) is 10.6 Å². The summed E-state index contributed by atoms with van der Waals surface area (Å²) in [5.74, 6) is 2.15. The minimum Gasteiger partial charge on any atom is -0.393 e. The molecule has 3 rings (SSSR count). The Morgan fingerprint density at radius 2 is 2.10 bits per heavy atom. The average Bonchev–Trinajstić information content (AvgIpc) is 2.85. The standard InChI is InChI=1S/C15H22N4OS/c1-3-11-7-12-13(17-8-9-5-10(20)6-9)18-15(16-4-2)19-14(12)21-11/h7,9-10,20H,3-6,8H2,1-2H3,(H2,16,17,18,19). The minimum atomic E-state index is -0.104. The van der Waals surface area contributed by atoms with E-state index in [-0.39, 0.29) is 6.10 Å². The highest BCUT2D eigenvalue weighted by Gasteiger charge is 2.27. The highest BCUT2D eigenvalue weighted by Crippen LogP contribution is 2.32. The average molecular weight is 306 g/mol. The predicted octanol–water partition coefficient (Wildman–Crippen LogP) is 2.87. The molecule has 1 aliphatic rings. The molecule has 1 saturated carbocycles. The van der Waals surface area contributed by atoms with Crippen LogP contribution in [0.4, 0.5) is 11.8 Å². The lowest BCUT2D eigenvalue weighted by molar-refractivity contribution is 0.0486. The zero-order chi connectivity index (χ0) is 14.8. The lowest BCUT2D eigenvalue weighted by Crippen LogP contribution is -2.33. The van der Waals surface area contributed by atoms with Crippen molar-refractivity contribution in [1.82, 2.24) is 9.97 Å². The first-order valence-electron chi connectivity index (χ1n) is 7.65. The lowest BCUT2D eigenvalue weighted by Gasteiger charge is -2.31. The van der Waals surface area contributed by atoms with Crippen LogP contribution in [0.5, 0.6) is 0 Å². The summed E-state index contributed by atoms with van der Waals surface area (Å²) in [6.45, 7) is 5.88. The summed E-state index contributed by atoms with van der Waals surface area (Å²) in [7, 11) is 0. The van der Waals surface area contributed by atoms with Gasteiger partial charge < -0.3 is 15.7 Å². The van der Waals surface area contributed by atoms with Crippen molar-refractivity contribution < 1.29 is 5.11 Å². The molecule has 21 heavy (non-hydrogen) atoms. The second kappa shape index (κ2) is 6.15. The van der Waals surface area contributed by atoms with Gasteiger partial charge in [-0.2, -0.15) is 4.98 Å². The number of thiophene rings is 1. The monoisotopic (exact) mass is 306 g/mol. The third-order valence-corrected chi connectivity index (χ3v) is 5.07. The predicted molar refractivity (Wildman–Crippen MR) is 88.2 cm³/mol. The lowest BCUT2D eigenvalue weighted by atomic mass is 9.82. The number of aliphatic hydroxyl groups excluding tert-OH is 1. The quantitative estimate of drug-likeness (QED) is 0.765. The zero-order valence-corrected chi connectivity index (χ0v) is 13.3. The molecule has 114 valence electrons. The van der Waals surface area contributed by atoms with Crippen LogP contribution in [0.2, 0.25) is 0 Å². The molecule has 2 aromatic heterocycles. The van der Waals surface area contributed by atoms with Crippen LogP contribution >= 0.6 is 11.3 Å². The van der Waals surface area contributed by atoms with E-state index in [0.29, 0.717) is 11.9 Å². The van der Waals surface area contributed by atoms with Crippen molar-refractivity contribution in [1.29, 1.82) is 0 Å². The maximum absolute atomic E-state index is 9.37. The Bertz CT molecular complexity index is 621. The van der Waals surface area contributed by atoms with E-state index < -0.39 is 0 Å². The number of aromatic nitrogens is 2. The van der Waals surface area contributed by atoms with Crippen molar-refractivity contribution >= 4 is 33.3 Å². The summed E-state index contributed by atoms with van der Waals surface area (Å²) in [6.07, 6.45) is 2.70. The number of hydrogen-bond acceptors (Lipinski definition) is 6. The van der Waals surface area contributed by atoms with Crippen molar-refractivity contribution in [3.8, 4) is 0 Å². The van der Waals surface area contributed by atoms with E-state index in [1.54, 1.807) is 11.3 Å². The summed E-state index contributed by atoms with van der Waals surface area (Å²) in [4.78, 5) is 11.5. The van der Waals surface area contributed by atoms with Gasteiger partial charge >= 0.3 is 0 Å². The fourth-order valence-electron chi connectivity index (χ4n) is 2.63. The molecular formula is C15H22N4OS. The molecule has 6 heteroatoms. The number of aryl methyl sites for hydroxylation is 1. The maximum atomic E-state index is 9.37. The van der Waals surface area contributed by atoms with E-state index in [4.69, 9.17) is 0 Å². The summed E-state index contributed by atoms with van der Waals surface area (Å²) in [6, 6.07) is 2.19. The van der Waals surface area contributed by atoms with Crippen LogP contribution in [-0.2, 0) is 6.42 Å². The zero-order valence-electron chi connectivity index (χ0n) is 12.5. The molecule has 1 aliphatic carbocycles. The summed E-state index contributed by atoms with van der Waals surface area (Å²) >= 11 is 1.73. The van der Waals surface area contributed by atoms with Gasteiger partial charge in [0.15, 0.2) is 0 Å². The van der Waals surface area contributed by atoms with Gasteiger partial charge in [-0.05, 0) is 38.2 Å². The second-order valence-electron chi connectivity index (χ2n) is 5.58. The molecule has 1 fully saturated rings. The summed E-state index contributed by atoms with van der Waals surface area (Å²) in [5, 5.41) is 17.1. The van der Waals surface area contributed by atoms with Crippen LogP contribution in [-0.4, -0.2) is 34.3 Å². The summed E-state index contributed by atoms with van der Waals surface area (Å²) < 4.78 is 0. The topological polar surface area (TPSA) is 70.1 Å². The van der Waals surface area contributed by atoms with E-state index in [1.165, 1.54) is 4.88 Å².